The molecule has 0 aromatic heterocycles. The number of benzene rings is 1. The fourth-order valence-electron chi connectivity index (χ4n) is 2.46. The van der Waals surface area contributed by atoms with Crippen molar-refractivity contribution in [3.8, 4) is 0 Å². The topological polar surface area (TPSA) is 101 Å². The predicted octanol–water partition coefficient (Wildman–Crippen LogP) is 1.56. The van der Waals surface area contributed by atoms with Crippen molar-refractivity contribution < 1.29 is 23.1 Å². The molecule has 2 N–H and O–H groups in total. The summed E-state index contributed by atoms with van der Waals surface area (Å²) in [4.78, 5) is 23.9. The molecule has 0 saturated carbocycles. The second kappa shape index (κ2) is 7.59. The van der Waals surface area contributed by atoms with Crippen LogP contribution in [-0.2, 0) is 25.0 Å². The quantitative estimate of drug-likeness (QED) is 0.747. The fourth-order valence-corrected chi connectivity index (χ4v) is 4.06. The lowest BCUT2D eigenvalue weighted by Crippen LogP contribution is -2.53. The van der Waals surface area contributed by atoms with Gasteiger partial charge in [-0.2, -0.15) is 0 Å². The van der Waals surface area contributed by atoms with E-state index in [9.17, 15) is 23.1 Å². The number of carboxylic acids is 1. The van der Waals surface area contributed by atoms with Gasteiger partial charge >= 0.3 is 5.97 Å². The van der Waals surface area contributed by atoms with Gasteiger partial charge in [-0.25, -0.2) is 13.2 Å². The lowest BCUT2D eigenvalue weighted by molar-refractivity contribution is -0.148. The van der Waals surface area contributed by atoms with Crippen LogP contribution in [0.3, 0.4) is 0 Å². The minimum absolute atomic E-state index is 0.0995. The summed E-state index contributed by atoms with van der Waals surface area (Å²) < 4.78 is 23.8. The van der Waals surface area contributed by atoms with E-state index in [-0.39, 0.29) is 18.1 Å². The van der Waals surface area contributed by atoms with E-state index >= 15 is 0 Å². The number of rotatable bonds is 8. The average molecular weight is 341 g/mol. The third-order valence-electron chi connectivity index (χ3n) is 3.45. The molecule has 1 aromatic rings. The van der Waals surface area contributed by atoms with E-state index in [1.54, 1.807) is 51.1 Å². The molecule has 7 heteroatoms. The standard InChI is InChI=1S/C16H23NO5S/c1-4-16(15(19)20,13-8-6-5-7-9-13)17-14(18)11-23(21,22)10-12(2)3/h5-9,12H,4,10-11H2,1-3H3,(H,17,18)(H,19,20). The first-order valence-corrected chi connectivity index (χ1v) is 9.25. The smallest absolute Gasteiger partial charge is 0.334 e. The summed E-state index contributed by atoms with van der Waals surface area (Å²) in [5.74, 6) is -2.96. The summed E-state index contributed by atoms with van der Waals surface area (Å²) in [6.07, 6.45) is 0.0995. The highest BCUT2D eigenvalue weighted by molar-refractivity contribution is 7.92. The monoisotopic (exact) mass is 341 g/mol. The van der Waals surface area contributed by atoms with E-state index in [0.717, 1.165) is 0 Å². The van der Waals surface area contributed by atoms with Crippen molar-refractivity contribution in [2.45, 2.75) is 32.7 Å². The molecule has 0 aliphatic carbocycles. The van der Waals surface area contributed by atoms with E-state index < -0.39 is 33.0 Å². The molecule has 6 nitrogen and oxygen atoms in total. The van der Waals surface area contributed by atoms with Crippen molar-refractivity contribution in [3.05, 3.63) is 35.9 Å². The van der Waals surface area contributed by atoms with Crippen molar-refractivity contribution in [2.75, 3.05) is 11.5 Å². The van der Waals surface area contributed by atoms with Crippen LogP contribution in [0.5, 0.6) is 0 Å². The predicted molar refractivity (Wildman–Crippen MR) is 87.7 cm³/mol. The largest absolute Gasteiger partial charge is 0.479 e. The summed E-state index contributed by atoms with van der Waals surface area (Å²) >= 11 is 0. The first-order valence-electron chi connectivity index (χ1n) is 7.43. The Morgan fingerprint density at radius 1 is 1.22 bits per heavy atom. The molecule has 0 heterocycles. The molecule has 128 valence electrons. The molecule has 0 bridgehead atoms. The summed E-state index contributed by atoms with van der Waals surface area (Å²) in [6.45, 7) is 5.12. The Hall–Kier alpha value is -1.89. The highest BCUT2D eigenvalue weighted by atomic mass is 32.2. The zero-order valence-corrected chi connectivity index (χ0v) is 14.4. The lowest BCUT2D eigenvalue weighted by Gasteiger charge is -2.30. The molecule has 1 aromatic carbocycles. The van der Waals surface area contributed by atoms with Crippen molar-refractivity contribution in [1.29, 1.82) is 0 Å². The van der Waals surface area contributed by atoms with E-state index in [2.05, 4.69) is 5.32 Å². The SMILES string of the molecule is CCC(NC(=O)CS(=O)(=O)CC(C)C)(C(=O)O)c1ccccc1. The Labute approximate surface area is 136 Å². The number of carbonyl (C=O) groups excluding carboxylic acids is 1. The van der Waals surface area contributed by atoms with Gasteiger partial charge in [0, 0.05) is 0 Å². The maximum atomic E-state index is 12.1. The van der Waals surface area contributed by atoms with Crippen LogP contribution in [0, 0.1) is 5.92 Å². The van der Waals surface area contributed by atoms with Crippen LogP contribution in [0.15, 0.2) is 30.3 Å². The minimum Gasteiger partial charge on any atom is -0.479 e. The van der Waals surface area contributed by atoms with Gasteiger partial charge < -0.3 is 10.4 Å². The zero-order valence-electron chi connectivity index (χ0n) is 13.6. The molecule has 1 atom stereocenters. The normalized spacial score (nSPS) is 14.3. The van der Waals surface area contributed by atoms with Gasteiger partial charge in [-0.1, -0.05) is 51.1 Å². The van der Waals surface area contributed by atoms with Gasteiger partial charge in [-0.05, 0) is 17.9 Å². The molecule has 0 aliphatic rings. The number of amides is 1. The second-order valence-corrected chi connectivity index (χ2v) is 8.04. The Kier molecular flexibility index (Phi) is 6.32. The summed E-state index contributed by atoms with van der Waals surface area (Å²) in [7, 11) is -3.57. The van der Waals surface area contributed by atoms with Gasteiger partial charge in [0.2, 0.25) is 5.91 Å². The second-order valence-electron chi connectivity index (χ2n) is 5.93. The molecule has 0 aliphatic heterocycles. The van der Waals surface area contributed by atoms with Crippen LogP contribution in [0.25, 0.3) is 0 Å². The van der Waals surface area contributed by atoms with Crippen LogP contribution < -0.4 is 5.32 Å². The average Bonchev–Trinajstić information content (AvgIpc) is 2.43. The molecular weight excluding hydrogens is 318 g/mol. The van der Waals surface area contributed by atoms with Crippen LogP contribution >= 0.6 is 0 Å². The van der Waals surface area contributed by atoms with E-state index in [0.29, 0.717) is 5.56 Å². The third-order valence-corrected chi connectivity index (χ3v) is 5.33. The molecular formula is C16H23NO5S. The van der Waals surface area contributed by atoms with E-state index in [1.165, 1.54) is 0 Å². The lowest BCUT2D eigenvalue weighted by atomic mass is 9.87. The zero-order chi connectivity index (χ0) is 17.7. The number of carbonyl (C=O) groups is 2. The summed E-state index contributed by atoms with van der Waals surface area (Å²) in [6, 6.07) is 8.27. The minimum atomic E-state index is -3.57. The number of sulfone groups is 1. The van der Waals surface area contributed by atoms with Gasteiger partial charge in [-0.3, -0.25) is 4.79 Å². The van der Waals surface area contributed by atoms with Gasteiger partial charge in [0.1, 0.15) is 5.75 Å². The molecule has 1 amide bonds. The maximum absolute atomic E-state index is 12.1. The molecule has 0 radical (unpaired) electrons. The molecule has 0 spiro atoms. The van der Waals surface area contributed by atoms with Crippen LogP contribution in [0.2, 0.25) is 0 Å². The first kappa shape index (κ1) is 19.2. The van der Waals surface area contributed by atoms with Crippen LogP contribution in [0.4, 0.5) is 0 Å². The van der Waals surface area contributed by atoms with Crippen LogP contribution in [-0.4, -0.2) is 36.9 Å². The van der Waals surface area contributed by atoms with Gasteiger partial charge in [0.05, 0.1) is 5.75 Å². The number of nitrogens with one attached hydrogen (secondary N) is 1. The first-order chi connectivity index (χ1) is 10.6. The van der Waals surface area contributed by atoms with Crippen LogP contribution in [0.1, 0.15) is 32.8 Å². The van der Waals surface area contributed by atoms with Crippen molar-refractivity contribution >= 4 is 21.7 Å². The van der Waals surface area contributed by atoms with Crippen molar-refractivity contribution in [2.24, 2.45) is 5.92 Å². The fraction of sp³-hybridized carbons (Fsp3) is 0.500. The maximum Gasteiger partial charge on any atom is 0.334 e. The third kappa shape index (κ3) is 5.06. The van der Waals surface area contributed by atoms with Gasteiger partial charge in [-0.15, -0.1) is 0 Å². The Bertz CT molecular complexity index is 654. The van der Waals surface area contributed by atoms with Gasteiger partial charge in [0.15, 0.2) is 15.4 Å². The molecule has 23 heavy (non-hydrogen) atoms. The van der Waals surface area contributed by atoms with Crippen molar-refractivity contribution in [3.63, 3.8) is 0 Å². The number of hydrogen-bond donors (Lipinski definition) is 2. The highest BCUT2D eigenvalue weighted by Crippen LogP contribution is 2.25. The molecule has 0 fully saturated rings. The summed E-state index contributed by atoms with van der Waals surface area (Å²) in [5.41, 5.74) is -1.23. The van der Waals surface area contributed by atoms with Gasteiger partial charge in [0.25, 0.3) is 0 Å². The number of carboxylic acid groups (broad SMARTS) is 1. The Morgan fingerprint density at radius 2 is 1.78 bits per heavy atom. The molecule has 1 rings (SSSR count). The number of hydrogen-bond acceptors (Lipinski definition) is 4. The van der Waals surface area contributed by atoms with Crippen molar-refractivity contribution in [1.82, 2.24) is 5.32 Å². The molecule has 0 saturated heterocycles. The number of aliphatic carboxylic acids is 1. The Balaban J connectivity index is 3.04. The summed E-state index contributed by atoms with van der Waals surface area (Å²) in [5, 5.41) is 12.0. The highest BCUT2D eigenvalue weighted by Gasteiger charge is 2.40. The Morgan fingerprint density at radius 3 is 2.22 bits per heavy atom. The van der Waals surface area contributed by atoms with E-state index in [4.69, 9.17) is 0 Å². The molecule has 1 unspecified atom stereocenters. The van der Waals surface area contributed by atoms with E-state index in [1.807, 2.05) is 0 Å².